The number of nitrogens with one attached hydrogen (secondary N) is 1. The monoisotopic (exact) mass is 724 g/mol. The molecule has 1 heterocycles. The number of hydrogen-bond donors (Lipinski definition) is 3. The molecule has 1 spiro atoms. The van der Waals surface area contributed by atoms with Gasteiger partial charge in [0.1, 0.15) is 0 Å². The third-order valence-electron chi connectivity index (χ3n) is 11.2. The average molecular weight is 725 g/mol. The molecule has 0 fully saturated rings. The molecule has 272 valence electrons. The first-order valence-electron chi connectivity index (χ1n) is 19.3. The van der Waals surface area contributed by atoms with E-state index in [4.69, 9.17) is 11.5 Å². The summed E-state index contributed by atoms with van der Waals surface area (Å²) in [5.41, 5.74) is 28.4. The summed E-state index contributed by atoms with van der Waals surface area (Å²) in [5, 5.41) is 3.76. The molecule has 1 aliphatic carbocycles. The lowest BCUT2D eigenvalue weighted by atomic mass is 9.63. The Kier molecular flexibility index (Phi) is 9.50. The van der Waals surface area contributed by atoms with Gasteiger partial charge in [0.25, 0.3) is 0 Å². The number of anilines is 3. The van der Waals surface area contributed by atoms with Crippen LogP contribution < -0.4 is 21.7 Å². The predicted molar refractivity (Wildman–Crippen MR) is 234 cm³/mol. The first-order valence-corrected chi connectivity index (χ1v) is 19.3. The van der Waals surface area contributed by atoms with Gasteiger partial charge in [-0.2, -0.15) is 0 Å². The summed E-state index contributed by atoms with van der Waals surface area (Å²) in [6.07, 6.45) is 8.79. The van der Waals surface area contributed by atoms with Crippen molar-refractivity contribution in [2.24, 2.45) is 11.5 Å². The lowest BCUT2D eigenvalue weighted by Crippen LogP contribution is -2.36. The maximum Gasteiger partial charge on any atom is 0.0748 e. The van der Waals surface area contributed by atoms with E-state index >= 15 is 0 Å². The third-order valence-corrected chi connectivity index (χ3v) is 11.2. The van der Waals surface area contributed by atoms with Crippen molar-refractivity contribution in [3.05, 3.63) is 245 Å². The Labute approximate surface area is 329 Å². The molecule has 5 N–H and O–H groups in total. The van der Waals surface area contributed by atoms with Gasteiger partial charge in [-0.1, -0.05) is 164 Å². The highest BCUT2D eigenvalue weighted by molar-refractivity contribution is 5.94. The highest BCUT2D eigenvalue weighted by Crippen LogP contribution is 2.61. The molecule has 0 bridgehead atoms. The zero-order valence-electron chi connectivity index (χ0n) is 31.2. The van der Waals surface area contributed by atoms with Crippen LogP contribution in [0.4, 0.5) is 17.1 Å². The molecule has 1 atom stereocenters. The summed E-state index contributed by atoms with van der Waals surface area (Å²) in [6, 6.07) is 64.9. The highest BCUT2D eigenvalue weighted by Gasteiger charge is 2.50. The molecule has 0 saturated carbocycles. The van der Waals surface area contributed by atoms with Gasteiger partial charge in [0, 0.05) is 24.5 Å². The number of benzene rings is 7. The second kappa shape index (κ2) is 15.2. The van der Waals surface area contributed by atoms with Gasteiger partial charge in [0.15, 0.2) is 0 Å². The second-order valence-electron chi connectivity index (χ2n) is 14.4. The van der Waals surface area contributed by atoms with E-state index in [1.807, 2.05) is 36.4 Å². The number of nitrogens with two attached hydrogens (primary N) is 2. The van der Waals surface area contributed by atoms with Crippen LogP contribution in [0.1, 0.15) is 45.0 Å². The molecule has 0 saturated heterocycles. The van der Waals surface area contributed by atoms with Gasteiger partial charge < -0.3 is 21.7 Å². The van der Waals surface area contributed by atoms with Crippen LogP contribution in [0.3, 0.4) is 0 Å². The minimum absolute atomic E-state index is 0.0435. The predicted octanol–water partition coefficient (Wildman–Crippen LogP) is 11.2. The van der Waals surface area contributed by atoms with E-state index in [0.717, 1.165) is 16.9 Å². The molecule has 7 aromatic carbocycles. The van der Waals surface area contributed by atoms with Gasteiger partial charge in [-0.25, -0.2) is 0 Å². The van der Waals surface area contributed by atoms with Gasteiger partial charge in [-0.15, -0.1) is 0 Å². The van der Waals surface area contributed by atoms with Gasteiger partial charge >= 0.3 is 0 Å². The number of allylic oxidation sites excluding steroid dienone is 2. The fourth-order valence-electron chi connectivity index (χ4n) is 8.57. The van der Waals surface area contributed by atoms with Crippen molar-refractivity contribution in [2.75, 3.05) is 11.4 Å². The van der Waals surface area contributed by atoms with E-state index in [2.05, 4.69) is 180 Å². The van der Waals surface area contributed by atoms with Crippen molar-refractivity contribution in [3.8, 4) is 11.1 Å². The second-order valence-corrected chi connectivity index (χ2v) is 14.4. The molecule has 1 aliphatic heterocycles. The first kappa shape index (κ1) is 35.0. The summed E-state index contributed by atoms with van der Waals surface area (Å²) < 4.78 is 0. The molecule has 2 aliphatic rings. The van der Waals surface area contributed by atoms with Crippen LogP contribution in [-0.2, 0) is 12.0 Å². The molecule has 7 aromatic rings. The number of nitrogens with zero attached hydrogens (tertiary/aromatic N) is 1. The third kappa shape index (κ3) is 6.25. The minimum Gasteiger partial charge on any atom is -0.398 e. The van der Waals surface area contributed by atoms with E-state index in [1.54, 1.807) is 0 Å². The first-order chi connectivity index (χ1) is 27.6. The maximum absolute atomic E-state index is 6.60. The van der Waals surface area contributed by atoms with E-state index in [0.29, 0.717) is 13.1 Å². The number of fused-ring (bicyclic) bond motifs is 6. The van der Waals surface area contributed by atoms with Crippen LogP contribution >= 0.6 is 0 Å². The van der Waals surface area contributed by atoms with Crippen molar-refractivity contribution < 1.29 is 0 Å². The van der Waals surface area contributed by atoms with Gasteiger partial charge in [-0.3, -0.25) is 0 Å². The van der Waals surface area contributed by atoms with Crippen LogP contribution in [0.2, 0.25) is 0 Å². The Morgan fingerprint density at radius 2 is 1.21 bits per heavy atom. The fourth-order valence-corrected chi connectivity index (χ4v) is 8.57. The Balaban J connectivity index is 1.08. The Bertz CT molecular complexity index is 2520. The lowest BCUT2D eigenvalue weighted by Gasteiger charge is -2.45. The molecule has 9 rings (SSSR count). The van der Waals surface area contributed by atoms with E-state index in [9.17, 15) is 0 Å². The number of hydrogen-bond acceptors (Lipinski definition) is 4. The number of para-hydroxylation sites is 3. The Morgan fingerprint density at radius 1 is 0.625 bits per heavy atom. The average Bonchev–Trinajstić information content (AvgIpc) is 3.59. The van der Waals surface area contributed by atoms with E-state index in [-0.39, 0.29) is 6.04 Å². The minimum atomic E-state index is -0.527. The SMILES string of the molecule is NC/C=C\C1=Cc2ccc(-c3ccc(CNC(/C=C(\N)c4ccccc4)c4ccccc4)cc3)cc2C12c1ccccc1N(c1ccccc1)c1ccccc12. The maximum atomic E-state index is 6.60. The van der Waals surface area contributed by atoms with Gasteiger partial charge in [0.2, 0.25) is 0 Å². The summed E-state index contributed by atoms with van der Waals surface area (Å²) in [5.74, 6) is 0. The van der Waals surface area contributed by atoms with Crippen molar-refractivity contribution in [1.82, 2.24) is 5.32 Å². The summed E-state index contributed by atoms with van der Waals surface area (Å²) in [7, 11) is 0. The summed E-state index contributed by atoms with van der Waals surface area (Å²) >= 11 is 0. The van der Waals surface area contributed by atoms with Crippen molar-refractivity contribution in [3.63, 3.8) is 0 Å². The van der Waals surface area contributed by atoms with Crippen LogP contribution in [-0.4, -0.2) is 6.54 Å². The van der Waals surface area contributed by atoms with Crippen LogP contribution in [0, 0.1) is 0 Å². The zero-order valence-corrected chi connectivity index (χ0v) is 31.2. The molecular formula is C52H44N4. The molecule has 0 radical (unpaired) electrons. The molecule has 4 nitrogen and oxygen atoms in total. The standard InChI is InChI=1S/C52H44N4/c53-32-14-19-43-33-42-31-30-41(38-28-26-37(27-29-38)36-55-49(40-17-6-2-7-18-40)35-48(54)39-15-4-1-5-16-39)34-47(42)52(43)45-22-10-12-24-50(45)56(44-20-8-3-9-21-44)51-25-13-11-23-46(51)52/h1-31,33-35,49,55H,32,36,53-54H2/b19-14-,48-35-. The van der Waals surface area contributed by atoms with Crippen molar-refractivity contribution >= 4 is 28.8 Å². The fraction of sp³-hybridized carbons (Fsp3) is 0.0769. The lowest BCUT2D eigenvalue weighted by molar-refractivity contribution is 0.621. The van der Waals surface area contributed by atoms with Crippen molar-refractivity contribution in [2.45, 2.75) is 18.0 Å². The van der Waals surface area contributed by atoms with Crippen LogP contribution in [0.5, 0.6) is 0 Å². The molecule has 4 heteroatoms. The summed E-state index contributed by atoms with van der Waals surface area (Å²) in [6.45, 7) is 1.16. The molecular weight excluding hydrogens is 681 g/mol. The Morgan fingerprint density at radius 3 is 1.88 bits per heavy atom. The molecule has 0 amide bonds. The van der Waals surface area contributed by atoms with Crippen molar-refractivity contribution in [1.29, 1.82) is 0 Å². The zero-order chi connectivity index (χ0) is 37.9. The Hall–Kier alpha value is -6.72. The number of rotatable bonds is 10. The van der Waals surface area contributed by atoms with Gasteiger partial charge in [0.05, 0.1) is 22.8 Å². The topological polar surface area (TPSA) is 67.3 Å². The largest absolute Gasteiger partial charge is 0.398 e. The molecule has 1 unspecified atom stereocenters. The van der Waals surface area contributed by atoms with Crippen LogP contribution in [0.15, 0.2) is 206 Å². The molecule has 0 aromatic heterocycles. The smallest absolute Gasteiger partial charge is 0.0748 e. The quantitative estimate of drug-likeness (QED) is 0.131. The van der Waals surface area contributed by atoms with E-state index in [1.165, 1.54) is 61.5 Å². The molecule has 56 heavy (non-hydrogen) atoms. The van der Waals surface area contributed by atoms with E-state index < -0.39 is 5.41 Å². The normalized spacial score (nSPS) is 14.6. The van der Waals surface area contributed by atoms with Gasteiger partial charge in [-0.05, 0) is 98.1 Å². The highest BCUT2D eigenvalue weighted by atomic mass is 15.2. The van der Waals surface area contributed by atoms with Crippen LogP contribution in [0.25, 0.3) is 22.9 Å². The summed E-state index contributed by atoms with van der Waals surface area (Å²) in [4.78, 5) is 2.41.